The molecule has 3 rings (SSSR count). The number of aromatic nitrogens is 2. The molecule has 2 aromatic heterocycles. The number of aryl methyl sites for hydroxylation is 1. The maximum Gasteiger partial charge on any atom is 0.311 e. The number of anilines is 1. The number of hydrogen-bond acceptors (Lipinski definition) is 5. The summed E-state index contributed by atoms with van der Waals surface area (Å²) in [6.45, 7) is 11.5. The van der Waals surface area contributed by atoms with E-state index in [1.165, 1.54) is 0 Å². The third kappa shape index (κ3) is 4.06. The molecule has 1 aliphatic heterocycles. The topological polar surface area (TPSA) is 56.1 Å². The van der Waals surface area contributed by atoms with Gasteiger partial charge in [-0.05, 0) is 26.0 Å². The number of esters is 1. The summed E-state index contributed by atoms with van der Waals surface area (Å²) in [6, 6.07) is 4.06. The van der Waals surface area contributed by atoms with Crippen molar-refractivity contribution in [3.63, 3.8) is 0 Å². The summed E-state index contributed by atoms with van der Waals surface area (Å²) in [4.78, 5) is 18.5. The Kier molecular flexibility index (Phi) is 6.61. The zero-order chi connectivity index (χ0) is 17.5. The lowest BCUT2D eigenvalue weighted by Crippen LogP contribution is -2.36. The number of carbonyl (C=O) groups is 1. The lowest BCUT2D eigenvalue weighted by molar-refractivity contribution is -0.142. The van der Waals surface area contributed by atoms with E-state index in [-0.39, 0.29) is 12.4 Å². The Labute approximate surface area is 143 Å². The number of ether oxygens (including phenoxy) is 2. The average molecular weight is 333 g/mol. The number of imidazole rings is 1. The van der Waals surface area contributed by atoms with E-state index in [1.807, 2.05) is 38.2 Å². The van der Waals surface area contributed by atoms with Crippen LogP contribution in [0.3, 0.4) is 0 Å². The van der Waals surface area contributed by atoms with Crippen molar-refractivity contribution in [3.05, 3.63) is 29.7 Å². The van der Waals surface area contributed by atoms with Gasteiger partial charge < -0.3 is 18.8 Å². The molecular formula is C18H27N3O3. The SMILES string of the molecule is CC.CCOC(=O)Cc1nc2ccc(N3CCOCC3)cn2c1C. The molecule has 0 radical (unpaired) electrons. The zero-order valence-corrected chi connectivity index (χ0v) is 15.0. The normalized spacial score (nSPS) is 14.2. The molecule has 1 aliphatic rings. The van der Waals surface area contributed by atoms with E-state index in [4.69, 9.17) is 9.47 Å². The highest BCUT2D eigenvalue weighted by Gasteiger charge is 2.16. The minimum Gasteiger partial charge on any atom is -0.466 e. The monoisotopic (exact) mass is 333 g/mol. The first-order valence-corrected chi connectivity index (χ1v) is 8.65. The van der Waals surface area contributed by atoms with E-state index in [9.17, 15) is 4.79 Å². The van der Waals surface area contributed by atoms with Crippen LogP contribution in [0.2, 0.25) is 0 Å². The van der Waals surface area contributed by atoms with Gasteiger partial charge in [-0.15, -0.1) is 0 Å². The molecule has 3 heterocycles. The minimum atomic E-state index is -0.234. The third-order valence-electron chi connectivity index (χ3n) is 3.93. The van der Waals surface area contributed by atoms with Gasteiger partial charge in [0.1, 0.15) is 5.65 Å². The molecular weight excluding hydrogens is 306 g/mol. The van der Waals surface area contributed by atoms with Gasteiger partial charge in [-0.3, -0.25) is 4.79 Å². The molecule has 6 heteroatoms. The maximum atomic E-state index is 11.7. The van der Waals surface area contributed by atoms with Gasteiger partial charge in [-0.2, -0.15) is 0 Å². The van der Waals surface area contributed by atoms with Gasteiger partial charge in [0.25, 0.3) is 0 Å². The summed E-state index contributed by atoms with van der Waals surface area (Å²) in [7, 11) is 0. The third-order valence-corrected chi connectivity index (χ3v) is 3.93. The van der Waals surface area contributed by atoms with Crippen molar-refractivity contribution < 1.29 is 14.3 Å². The van der Waals surface area contributed by atoms with Crippen LogP contribution in [0.25, 0.3) is 5.65 Å². The van der Waals surface area contributed by atoms with Crippen LogP contribution >= 0.6 is 0 Å². The summed E-state index contributed by atoms with van der Waals surface area (Å²) < 4.78 is 12.4. The fraction of sp³-hybridized carbons (Fsp3) is 0.556. The van der Waals surface area contributed by atoms with E-state index < -0.39 is 0 Å². The summed E-state index contributed by atoms with van der Waals surface area (Å²) in [6.07, 6.45) is 2.30. The van der Waals surface area contributed by atoms with E-state index >= 15 is 0 Å². The van der Waals surface area contributed by atoms with Gasteiger partial charge >= 0.3 is 5.97 Å². The molecule has 0 bridgehead atoms. The summed E-state index contributed by atoms with van der Waals surface area (Å²) in [5.74, 6) is -0.234. The van der Waals surface area contributed by atoms with Crippen LogP contribution < -0.4 is 4.90 Å². The number of fused-ring (bicyclic) bond motifs is 1. The van der Waals surface area contributed by atoms with Crippen molar-refractivity contribution >= 4 is 17.3 Å². The lowest BCUT2D eigenvalue weighted by atomic mass is 10.2. The molecule has 2 aromatic rings. The van der Waals surface area contributed by atoms with Gasteiger partial charge in [0.15, 0.2) is 0 Å². The van der Waals surface area contributed by atoms with E-state index in [0.717, 1.165) is 49.0 Å². The average Bonchev–Trinajstić information content (AvgIpc) is 2.93. The van der Waals surface area contributed by atoms with Crippen LogP contribution in [0.15, 0.2) is 18.3 Å². The molecule has 0 saturated carbocycles. The molecule has 132 valence electrons. The van der Waals surface area contributed by atoms with Crippen molar-refractivity contribution in [2.45, 2.75) is 34.1 Å². The Morgan fingerprint density at radius 3 is 2.67 bits per heavy atom. The molecule has 6 nitrogen and oxygen atoms in total. The number of carbonyl (C=O) groups excluding carboxylic acids is 1. The number of hydrogen-bond donors (Lipinski definition) is 0. The molecule has 0 spiro atoms. The summed E-state index contributed by atoms with van der Waals surface area (Å²) in [5, 5.41) is 0. The lowest BCUT2D eigenvalue weighted by Gasteiger charge is -2.28. The largest absolute Gasteiger partial charge is 0.466 e. The van der Waals surface area contributed by atoms with Crippen molar-refractivity contribution in [2.24, 2.45) is 0 Å². The fourth-order valence-corrected chi connectivity index (χ4v) is 2.72. The second kappa shape index (κ2) is 8.68. The standard InChI is InChI=1S/C16H21N3O3.C2H6/c1-3-22-16(20)10-14-12(2)19-11-13(4-5-15(19)17-14)18-6-8-21-9-7-18;1-2/h4-5,11H,3,6-10H2,1-2H3;1-2H3. The Bertz CT molecular complexity index is 675. The highest BCUT2D eigenvalue weighted by atomic mass is 16.5. The first-order chi connectivity index (χ1) is 11.7. The Morgan fingerprint density at radius 2 is 2.00 bits per heavy atom. The van der Waals surface area contributed by atoms with Crippen molar-refractivity contribution in [3.8, 4) is 0 Å². The van der Waals surface area contributed by atoms with Crippen molar-refractivity contribution in [1.29, 1.82) is 0 Å². The van der Waals surface area contributed by atoms with Crippen LogP contribution in [-0.4, -0.2) is 48.3 Å². The predicted molar refractivity (Wildman–Crippen MR) is 94.6 cm³/mol. The second-order valence-corrected chi connectivity index (χ2v) is 5.34. The summed E-state index contributed by atoms with van der Waals surface area (Å²) in [5.41, 5.74) is 3.77. The van der Waals surface area contributed by atoms with E-state index in [2.05, 4.69) is 22.1 Å². The molecule has 0 N–H and O–H groups in total. The highest BCUT2D eigenvalue weighted by Crippen LogP contribution is 2.20. The number of morpholine rings is 1. The molecule has 0 amide bonds. The first kappa shape index (κ1) is 18.3. The number of nitrogens with zero attached hydrogens (tertiary/aromatic N) is 3. The minimum absolute atomic E-state index is 0.217. The van der Waals surface area contributed by atoms with Gasteiger partial charge in [0.2, 0.25) is 0 Å². The van der Waals surface area contributed by atoms with Crippen LogP contribution in [0.1, 0.15) is 32.2 Å². The maximum absolute atomic E-state index is 11.7. The Balaban J connectivity index is 0.00000100. The van der Waals surface area contributed by atoms with Gasteiger partial charge in [-0.25, -0.2) is 4.98 Å². The smallest absolute Gasteiger partial charge is 0.311 e. The summed E-state index contributed by atoms with van der Waals surface area (Å²) >= 11 is 0. The van der Waals surface area contributed by atoms with E-state index in [1.54, 1.807) is 0 Å². The van der Waals surface area contributed by atoms with Gasteiger partial charge in [-0.1, -0.05) is 13.8 Å². The first-order valence-electron chi connectivity index (χ1n) is 8.65. The second-order valence-electron chi connectivity index (χ2n) is 5.34. The Hall–Kier alpha value is -2.08. The Morgan fingerprint density at radius 1 is 1.29 bits per heavy atom. The predicted octanol–water partition coefficient (Wildman–Crippen LogP) is 2.61. The molecule has 0 unspecified atom stereocenters. The molecule has 1 fully saturated rings. The number of pyridine rings is 1. The zero-order valence-electron chi connectivity index (χ0n) is 15.0. The van der Waals surface area contributed by atoms with E-state index in [0.29, 0.717) is 6.61 Å². The molecule has 24 heavy (non-hydrogen) atoms. The molecule has 0 aromatic carbocycles. The van der Waals surface area contributed by atoms with Crippen LogP contribution in [0, 0.1) is 6.92 Å². The quantitative estimate of drug-likeness (QED) is 0.805. The van der Waals surface area contributed by atoms with Crippen LogP contribution in [-0.2, 0) is 20.7 Å². The number of rotatable bonds is 4. The van der Waals surface area contributed by atoms with Crippen LogP contribution in [0.5, 0.6) is 0 Å². The van der Waals surface area contributed by atoms with Crippen LogP contribution in [0.4, 0.5) is 5.69 Å². The molecule has 0 aliphatic carbocycles. The fourth-order valence-electron chi connectivity index (χ4n) is 2.72. The highest BCUT2D eigenvalue weighted by molar-refractivity contribution is 5.72. The van der Waals surface area contributed by atoms with Crippen molar-refractivity contribution in [1.82, 2.24) is 9.38 Å². The molecule has 0 atom stereocenters. The van der Waals surface area contributed by atoms with Gasteiger partial charge in [0, 0.05) is 25.0 Å². The van der Waals surface area contributed by atoms with Crippen molar-refractivity contribution in [2.75, 3.05) is 37.8 Å². The van der Waals surface area contributed by atoms with Gasteiger partial charge in [0.05, 0.1) is 37.6 Å². The molecule has 1 saturated heterocycles.